The second-order valence-corrected chi connectivity index (χ2v) is 8.56. The molecule has 3 aromatic carbocycles. The smallest absolute Gasteiger partial charge is 0.296 e. The van der Waals surface area contributed by atoms with E-state index in [1.807, 2.05) is 12.1 Å². The van der Waals surface area contributed by atoms with Crippen LogP contribution in [0.25, 0.3) is 0 Å². The Labute approximate surface area is 188 Å². The van der Waals surface area contributed by atoms with Crippen LogP contribution in [-0.2, 0) is 25.7 Å². The highest BCUT2D eigenvalue weighted by atomic mass is 19.4. The molecule has 168 valence electrons. The van der Waals surface area contributed by atoms with Crippen molar-refractivity contribution in [2.75, 3.05) is 19.6 Å². The molecule has 0 spiro atoms. The normalized spacial score (nSPS) is 18.0. The first-order chi connectivity index (χ1) is 15.5. The fourth-order valence-corrected chi connectivity index (χ4v) is 4.44. The summed E-state index contributed by atoms with van der Waals surface area (Å²) in [7, 11) is 0. The summed E-state index contributed by atoms with van der Waals surface area (Å²) in [5.41, 5.74) is 2.98. The Hall–Kier alpha value is -2.63. The van der Waals surface area contributed by atoms with E-state index in [9.17, 15) is 13.2 Å². The van der Waals surface area contributed by atoms with Crippen LogP contribution in [0.2, 0.25) is 0 Å². The van der Waals surface area contributed by atoms with E-state index < -0.39 is 11.7 Å². The lowest BCUT2D eigenvalue weighted by Crippen LogP contribution is -2.52. The average Bonchev–Trinajstić information content (AvgIpc) is 2.80. The Kier molecular flexibility index (Phi) is 7.28. The van der Waals surface area contributed by atoms with E-state index in [0.29, 0.717) is 6.04 Å². The number of nitrogens with zero attached hydrogens (tertiary/aromatic N) is 2. The van der Waals surface area contributed by atoms with Crippen molar-refractivity contribution in [1.82, 2.24) is 9.80 Å². The predicted molar refractivity (Wildman–Crippen MR) is 122 cm³/mol. The lowest BCUT2D eigenvalue weighted by atomic mass is 9.99. The standard InChI is InChI=1S/C27H29F3N2/c28-27(29,30)25-14-11-22(12-15-25)13-16-26-21-31(19-23-7-3-1-4-8-23)17-18-32(26)20-24-9-5-2-6-10-24/h1-12,14-15,26H,13,16-21H2/t26-/m0/s1. The Morgan fingerprint density at radius 1 is 0.688 bits per heavy atom. The highest BCUT2D eigenvalue weighted by Crippen LogP contribution is 2.29. The van der Waals surface area contributed by atoms with Crippen LogP contribution in [0, 0.1) is 0 Å². The lowest BCUT2D eigenvalue weighted by molar-refractivity contribution is -0.137. The first-order valence-electron chi connectivity index (χ1n) is 11.2. The van der Waals surface area contributed by atoms with Crippen molar-refractivity contribution in [3.8, 4) is 0 Å². The lowest BCUT2D eigenvalue weighted by Gasteiger charge is -2.42. The summed E-state index contributed by atoms with van der Waals surface area (Å²) >= 11 is 0. The molecule has 0 aromatic heterocycles. The molecule has 3 aromatic rings. The van der Waals surface area contributed by atoms with Crippen LogP contribution >= 0.6 is 0 Å². The van der Waals surface area contributed by atoms with Crippen molar-refractivity contribution in [3.63, 3.8) is 0 Å². The van der Waals surface area contributed by atoms with E-state index in [2.05, 4.69) is 58.3 Å². The summed E-state index contributed by atoms with van der Waals surface area (Å²) in [6.07, 6.45) is -2.59. The van der Waals surface area contributed by atoms with Crippen molar-refractivity contribution < 1.29 is 13.2 Å². The van der Waals surface area contributed by atoms with Gasteiger partial charge in [0.05, 0.1) is 5.56 Å². The molecule has 0 radical (unpaired) electrons. The number of piperazine rings is 1. The third-order valence-corrected chi connectivity index (χ3v) is 6.21. The molecule has 0 aliphatic carbocycles. The number of halogens is 3. The van der Waals surface area contributed by atoms with Crippen molar-refractivity contribution in [2.24, 2.45) is 0 Å². The van der Waals surface area contributed by atoms with Gasteiger partial charge < -0.3 is 0 Å². The number of alkyl halides is 3. The molecular formula is C27H29F3N2. The van der Waals surface area contributed by atoms with Gasteiger partial charge in [-0.15, -0.1) is 0 Å². The maximum Gasteiger partial charge on any atom is 0.416 e. The zero-order chi connectivity index (χ0) is 22.4. The molecule has 4 rings (SSSR count). The van der Waals surface area contributed by atoms with Crippen molar-refractivity contribution in [2.45, 2.75) is 38.1 Å². The maximum absolute atomic E-state index is 12.9. The first-order valence-corrected chi connectivity index (χ1v) is 11.2. The van der Waals surface area contributed by atoms with Crippen LogP contribution < -0.4 is 0 Å². The summed E-state index contributed by atoms with van der Waals surface area (Å²) in [4.78, 5) is 5.02. The molecule has 5 heteroatoms. The fraction of sp³-hybridized carbons (Fsp3) is 0.333. The quantitative estimate of drug-likeness (QED) is 0.445. The SMILES string of the molecule is FC(F)(F)c1ccc(CC[C@H]2CN(Cc3ccccc3)CCN2Cc2ccccc2)cc1. The van der Waals surface area contributed by atoms with Gasteiger partial charge in [0.25, 0.3) is 0 Å². The molecule has 0 N–H and O–H groups in total. The molecule has 0 unspecified atom stereocenters. The first kappa shape index (κ1) is 22.6. The minimum atomic E-state index is -4.29. The molecule has 1 aliphatic heterocycles. The Morgan fingerprint density at radius 3 is 1.88 bits per heavy atom. The number of benzene rings is 3. The monoisotopic (exact) mass is 438 g/mol. The van der Waals surface area contributed by atoms with Crippen LogP contribution in [0.3, 0.4) is 0 Å². The fourth-order valence-electron chi connectivity index (χ4n) is 4.44. The molecule has 2 nitrogen and oxygen atoms in total. The van der Waals surface area contributed by atoms with Gasteiger partial charge in [-0.25, -0.2) is 0 Å². The zero-order valence-electron chi connectivity index (χ0n) is 18.1. The van der Waals surface area contributed by atoms with Gasteiger partial charge in [-0.1, -0.05) is 72.8 Å². The van der Waals surface area contributed by atoms with Gasteiger partial charge in [0, 0.05) is 38.8 Å². The average molecular weight is 439 g/mol. The Bertz CT molecular complexity index is 956. The highest BCUT2D eigenvalue weighted by molar-refractivity contribution is 5.25. The molecular weight excluding hydrogens is 409 g/mol. The Balaban J connectivity index is 1.43. The van der Waals surface area contributed by atoms with E-state index in [4.69, 9.17) is 0 Å². The molecule has 1 atom stereocenters. The van der Waals surface area contributed by atoms with Crippen LogP contribution in [0.4, 0.5) is 13.2 Å². The van der Waals surface area contributed by atoms with Gasteiger partial charge in [0.1, 0.15) is 0 Å². The van der Waals surface area contributed by atoms with Crippen LogP contribution in [0.5, 0.6) is 0 Å². The molecule has 1 saturated heterocycles. The van der Waals surface area contributed by atoms with Crippen molar-refractivity contribution in [3.05, 3.63) is 107 Å². The van der Waals surface area contributed by atoms with E-state index in [0.717, 1.165) is 51.1 Å². The van der Waals surface area contributed by atoms with E-state index in [-0.39, 0.29) is 0 Å². The maximum atomic E-state index is 12.9. The number of hydrogen-bond acceptors (Lipinski definition) is 2. The second-order valence-electron chi connectivity index (χ2n) is 8.56. The molecule has 0 amide bonds. The Morgan fingerprint density at radius 2 is 1.28 bits per heavy atom. The van der Waals surface area contributed by atoms with Crippen LogP contribution in [-0.4, -0.2) is 35.5 Å². The largest absolute Gasteiger partial charge is 0.416 e. The number of rotatable bonds is 7. The zero-order valence-corrected chi connectivity index (χ0v) is 18.1. The van der Waals surface area contributed by atoms with Gasteiger partial charge in [0.2, 0.25) is 0 Å². The third-order valence-electron chi connectivity index (χ3n) is 6.21. The minimum Gasteiger partial charge on any atom is -0.296 e. The van der Waals surface area contributed by atoms with Gasteiger partial charge in [-0.3, -0.25) is 9.80 Å². The van der Waals surface area contributed by atoms with E-state index in [1.54, 1.807) is 12.1 Å². The van der Waals surface area contributed by atoms with Crippen LogP contribution in [0.15, 0.2) is 84.9 Å². The van der Waals surface area contributed by atoms with E-state index >= 15 is 0 Å². The van der Waals surface area contributed by atoms with Gasteiger partial charge >= 0.3 is 6.18 Å². The third kappa shape index (κ3) is 6.21. The molecule has 1 fully saturated rings. The van der Waals surface area contributed by atoms with Gasteiger partial charge in [-0.2, -0.15) is 13.2 Å². The summed E-state index contributed by atoms with van der Waals surface area (Å²) in [5.74, 6) is 0. The van der Waals surface area contributed by atoms with Gasteiger partial charge in [-0.05, 0) is 41.7 Å². The van der Waals surface area contributed by atoms with Gasteiger partial charge in [0.15, 0.2) is 0 Å². The topological polar surface area (TPSA) is 6.48 Å². The van der Waals surface area contributed by atoms with Crippen molar-refractivity contribution in [1.29, 1.82) is 0 Å². The summed E-state index contributed by atoms with van der Waals surface area (Å²) in [6.45, 7) is 4.79. The predicted octanol–water partition coefficient (Wildman–Crippen LogP) is 6.02. The summed E-state index contributed by atoms with van der Waals surface area (Å²) in [6, 6.07) is 27.0. The molecule has 32 heavy (non-hydrogen) atoms. The number of hydrogen-bond donors (Lipinski definition) is 0. The summed E-state index contributed by atoms with van der Waals surface area (Å²) in [5, 5.41) is 0. The van der Waals surface area contributed by atoms with Crippen LogP contribution in [0.1, 0.15) is 28.7 Å². The number of aryl methyl sites for hydroxylation is 1. The molecule has 0 saturated carbocycles. The van der Waals surface area contributed by atoms with Crippen molar-refractivity contribution >= 4 is 0 Å². The molecule has 1 aliphatic rings. The summed E-state index contributed by atoms with van der Waals surface area (Å²) < 4.78 is 38.6. The minimum absolute atomic E-state index is 0.356. The highest BCUT2D eigenvalue weighted by Gasteiger charge is 2.30. The molecule has 1 heterocycles. The van der Waals surface area contributed by atoms with E-state index in [1.165, 1.54) is 23.3 Å². The second kappa shape index (κ2) is 10.3. The molecule has 0 bridgehead atoms.